The summed E-state index contributed by atoms with van der Waals surface area (Å²) in [6.07, 6.45) is 0.947. The number of rotatable bonds is 3. The second kappa shape index (κ2) is 5.79. The highest BCUT2D eigenvalue weighted by molar-refractivity contribution is 8.15. The third-order valence-electron chi connectivity index (χ3n) is 2.21. The van der Waals surface area contributed by atoms with Crippen molar-refractivity contribution in [1.29, 1.82) is 0 Å². The summed E-state index contributed by atoms with van der Waals surface area (Å²) < 4.78 is 31.8. The van der Waals surface area contributed by atoms with Gasteiger partial charge in [-0.2, -0.15) is 5.10 Å². The lowest BCUT2D eigenvalue weighted by atomic mass is 10.2. The van der Waals surface area contributed by atoms with Crippen LogP contribution < -0.4 is 10.1 Å². The zero-order valence-corrected chi connectivity index (χ0v) is 10.6. The van der Waals surface area contributed by atoms with Crippen molar-refractivity contribution in [3.63, 3.8) is 0 Å². The molecule has 1 amide bonds. The number of methoxy groups -OCH3 is 1. The van der Waals surface area contributed by atoms with Crippen molar-refractivity contribution < 1.29 is 18.3 Å². The van der Waals surface area contributed by atoms with Crippen LogP contribution in [0.1, 0.15) is 5.56 Å². The summed E-state index contributed by atoms with van der Waals surface area (Å²) in [5, 5.41) is 9.93. The van der Waals surface area contributed by atoms with Crippen molar-refractivity contribution >= 4 is 29.1 Å². The van der Waals surface area contributed by atoms with Crippen molar-refractivity contribution in [3.8, 4) is 5.75 Å². The highest BCUT2D eigenvalue weighted by Gasteiger charge is 2.16. The molecule has 1 fully saturated rings. The van der Waals surface area contributed by atoms with Crippen molar-refractivity contribution in [1.82, 2.24) is 5.32 Å². The van der Waals surface area contributed by atoms with Crippen molar-refractivity contribution in [2.45, 2.75) is 0 Å². The van der Waals surface area contributed by atoms with Crippen LogP contribution in [0.5, 0.6) is 5.75 Å². The Hall–Kier alpha value is -1.96. The number of benzene rings is 1. The molecule has 0 saturated carbocycles. The van der Waals surface area contributed by atoms with Crippen molar-refractivity contribution in [2.75, 3.05) is 12.9 Å². The molecule has 1 aromatic rings. The van der Waals surface area contributed by atoms with Gasteiger partial charge in [0.15, 0.2) is 5.17 Å². The molecule has 0 unspecified atom stereocenters. The van der Waals surface area contributed by atoms with Gasteiger partial charge in [0, 0.05) is 12.1 Å². The Balaban J connectivity index is 2.17. The Kier molecular flexibility index (Phi) is 4.10. The first-order chi connectivity index (χ1) is 9.10. The lowest BCUT2D eigenvalue weighted by Gasteiger charge is -2.02. The number of nitrogens with one attached hydrogen (secondary N) is 1. The summed E-state index contributed by atoms with van der Waals surface area (Å²) in [5.41, 5.74) is -0.320. The predicted molar refractivity (Wildman–Crippen MR) is 68.5 cm³/mol. The molecule has 8 heteroatoms. The first kappa shape index (κ1) is 13.5. The van der Waals surface area contributed by atoms with Crippen LogP contribution in [-0.2, 0) is 4.79 Å². The fourth-order valence-electron chi connectivity index (χ4n) is 1.32. The minimum absolute atomic E-state index is 0.0806. The summed E-state index contributed by atoms with van der Waals surface area (Å²) in [4.78, 5) is 10.9. The minimum Gasteiger partial charge on any atom is -0.497 e. The van der Waals surface area contributed by atoms with E-state index < -0.39 is 11.6 Å². The van der Waals surface area contributed by atoms with Gasteiger partial charge in [0.25, 0.3) is 0 Å². The fraction of sp³-hybridized carbons (Fsp3) is 0.182. The van der Waals surface area contributed by atoms with Gasteiger partial charge in [0.1, 0.15) is 17.4 Å². The quantitative estimate of drug-likeness (QED) is 0.676. The Morgan fingerprint density at radius 2 is 2.11 bits per heavy atom. The van der Waals surface area contributed by atoms with E-state index in [9.17, 15) is 13.6 Å². The highest BCUT2D eigenvalue weighted by atomic mass is 32.2. The first-order valence-electron chi connectivity index (χ1n) is 5.17. The van der Waals surface area contributed by atoms with Gasteiger partial charge in [-0.15, -0.1) is 5.10 Å². The second-order valence-electron chi connectivity index (χ2n) is 3.49. The zero-order chi connectivity index (χ0) is 13.8. The minimum atomic E-state index is -0.802. The number of amides is 1. The number of carbonyl (C=O) groups excluding carboxylic acids is 1. The Morgan fingerprint density at radius 1 is 1.42 bits per heavy atom. The molecule has 100 valence electrons. The number of amidine groups is 1. The van der Waals surface area contributed by atoms with Gasteiger partial charge in [0.05, 0.1) is 24.6 Å². The summed E-state index contributed by atoms with van der Waals surface area (Å²) in [5.74, 6) is -1.44. The molecule has 0 aromatic heterocycles. The van der Waals surface area contributed by atoms with Crippen LogP contribution in [0.2, 0.25) is 0 Å². The molecule has 1 aliphatic heterocycles. The number of nitrogens with zero attached hydrogens (tertiary/aromatic N) is 2. The van der Waals surface area contributed by atoms with E-state index in [-0.39, 0.29) is 23.0 Å². The monoisotopic (exact) mass is 285 g/mol. The first-order valence-corrected chi connectivity index (χ1v) is 6.15. The molecule has 19 heavy (non-hydrogen) atoms. The standard InChI is InChI=1S/C11H9F2N3O2S/c1-18-6-2-8(12)7(9(13)3-6)4-14-16-11-15-10(17)5-19-11/h2-4H,5H2,1H3,(H,15,16,17). The van der Waals surface area contributed by atoms with Gasteiger partial charge >= 0.3 is 0 Å². The molecule has 1 saturated heterocycles. The van der Waals surface area contributed by atoms with E-state index in [0.29, 0.717) is 5.17 Å². The van der Waals surface area contributed by atoms with E-state index in [0.717, 1.165) is 18.3 Å². The molecule has 1 aromatic carbocycles. The van der Waals surface area contributed by atoms with E-state index >= 15 is 0 Å². The molecule has 2 rings (SSSR count). The van der Waals surface area contributed by atoms with Crippen LogP contribution in [0.4, 0.5) is 8.78 Å². The summed E-state index contributed by atoms with van der Waals surface area (Å²) >= 11 is 1.17. The maximum absolute atomic E-state index is 13.5. The van der Waals surface area contributed by atoms with E-state index in [2.05, 4.69) is 15.5 Å². The van der Waals surface area contributed by atoms with Crippen LogP contribution in [0.25, 0.3) is 0 Å². The Bertz CT molecular complexity index is 552. The molecule has 5 nitrogen and oxygen atoms in total. The second-order valence-corrected chi connectivity index (χ2v) is 4.46. The topological polar surface area (TPSA) is 63.1 Å². The van der Waals surface area contributed by atoms with Crippen LogP contribution in [0.15, 0.2) is 22.3 Å². The molecular formula is C11H9F2N3O2S. The molecule has 0 atom stereocenters. The third kappa shape index (κ3) is 3.28. The molecule has 1 aliphatic rings. The van der Waals surface area contributed by atoms with Crippen LogP contribution in [-0.4, -0.2) is 30.2 Å². The molecular weight excluding hydrogens is 276 g/mol. The van der Waals surface area contributed by atoms with Gasteiger partial charge < -0.3 is 10.1 Å². The van der Waals surface area contributed by atoms with E-state index in [4.69, 9.17) is 4.74 Å². The van der Waals surface area contributed by atoms with Crippen molar-refractivity contribution in [3.05, 3.63) is 29.3 Å². The molecule has 1 N–H and O–H groups in total. The smallest absolute Gasteiger partial charge is 0.236 e. The Labute approximate surface area is 111 Å². The third-order valence-corrected chi connectivity index (χ3v) is 3.07. The molecule has 0 bridgehead atoms. The molecule has 0 aliphatic carbocycles. The van der Waals surface area contributed by atoms with Gasteiger partial charge in [-0.05, 0) is 0 Å². The SMILES string of the molecule is COc1cc(F)c(C=NN=C2NC(=O)CS2)c(F)c1. The number of thioether (sulfide) groups is 1. The average Bonchev–Trinajstić information content (AvgIpc) is 2.78. The van der Waals surface area contributed by atoms with E-state index in [1.165, 1.54) is 18.9 Å². The highest BCUT2D eigenvalue weighted by Crippen LogP contribution is 2.19. The fourth-order valence-corrected chi connectivity index (χ4v) is 1.95. The molecule has 0 radical (unpaired) electrons. The number of hydrogen-bond acceptors (Lipinski definition) is 5. The van der Waals surface area contributed by atoms with E-state index in [1.54, 1.807) is 0 Å². The lowest BCUT2D eigenvalue weighted by Crippen LogP contribution is -2.19. The van der Waals surface area contributed by atoms with Crippen LogP contribution >= 0.6 is 11.8 Å². The average molecular weight is 285 g/mol. The largest absolute Gasteiger partial charge is 0.497 e. The van der Waals surface area contributed by atoms with Gasteiger partial charge in [0.2, 0.25) is 5.91 Å². The number of halogens is 2. The zero-order valence-electron chi connectivity index (χ0n) is 9.81. The maximum atomic E-state index is 13.5. The van der Waals surface area contributed by atoms with Crippen LogP contribution in [0, 0.1) is 11.6 Å². The van der Waals surface area contributed by atoms with E-state index in [1.807, 2.05) is 0 Å². The lowest BCUT2D eigenvalue weighted by molar-refractivity contribution is -0.116. The number of carbonyl (C=O) groups is 1. The van der Waals surface area contributed by atoms with Gasteiger partial charge in [-0.1, -0.05) is 11.8 Å². The summed E-state index contributed by atoms with van der Waals surface area (Å²) in [7, 11) is 1.31. The Morgan fingerprint density at radius 3 is 2.63 bits per heavy atom. The number of ether oxygens (including phenoxy) is 1. The summed E-state index contributed by atoms with van der Waals surface area (Å²) in [6, 6.07) is 2.09. The summed E-state index contributed by atoms with van der Waals surface area (Å²) in [6.45, 7) is 0. The van der Waals surface area contributed by atoms with Crippen molar-refractivity contribution in [2.24, 2.45) is 10.2 Å². The van der Waals surface area contributed by atoms with Gasteiger partial charge in [-0.3, -0.25) is 4.79 Å². The predicted octanol–water partition coefficient (Wildman–Crippen LogP) is 1.53. The normalized spacial score (nSPS) is 17.2. The van der Waals surface area contributed by atoms with Gasteiger partial charge in [-0.25, -0.2) is 8.78 Å². The molecule has 1 heterocycles. The maximum Gasteiger partial charge on any atom is 0.236 e. The number of hydrogen-bond donors (Lipinski definition) is 1. The van der Waals surface area contributed by atoms with Crippen LogP contribution in [0.3, 0.4) is 0 Å². The molecule has 0 spiro atoms.